The molecule has 1 N–H and O–H groups in total. The molecule has 1 amide bonds. The number of carbonyl (C=O) groups is 2. The van der Waals surface area contributed by atoms with Crippen LogP contribution >= 0.6 is 0 Å². The fourth-order valence-corrected chi connectivity index (χ4v) is 2.96. The molecule has 130 valence electrons. The van der Waals surface area contributed by atoms with Gasteiger partial charge in [-0.2, -0.15) is 0 Å². The van der Waals surface area contributed by atoms with Gasteiger partial charge >= 0.3 is 0 Å². The Hall–Kier alpha value is -2.76. The van der Waals surface area contributed by atoms with Gasteiger partial charge in [-0.3, -0.25) is 9.59 Å². The minimum Gasteiger partial charge on any atom is -0.341 e. The monoisotopic (exact) mass is 338 g/mol. The van der Waals surface area contributed by atoms with Gasteiger partial charge in [-0.15, -0.1) is 0 Å². The number of carbonyl (C=O) groups excluding carboxylic acids is 2. The summed E-state index contributed by atoms with van der Waals surface area (Å²) in [7, 11) is 0. The molecule has 6 heteroatoms. The van der Waals surface area contributed by atoms with Crippen LogP contribution in [0, 0.1) is 5.92 Å². The molecule has 1 fully saturated rings. The molecule has 2 heterocycles. The summed E-state index contributed by atoms with van der Waals surface area (Å²) in [6.45, 7) is 5.65. The highest BCUT2D eigenvalue weighted by Crippen LogP contribution is 2.19. The second kappa shape index (κ2) is 7.42. The second-order valence-corrected chi connectivity index (χ2v) is 6.55. The molecule has 1 aromatic carbocycles. The number of ketones is 1. The van der Waals surface area contributed by atoms with Crippen LogP contribution in [0.4, 0.5) is 11.6 Å². The van der Waals surface area contributed by atoms with Gasteiger partial charge in [0.15, 0.2) is 5.78 Å². The fourth-order valence-electron chi connectivity index (χ4n) is 2.96. The Kier molecular flexibility index (Phi) is 5.07. The summed E-state index contributed by atoms with van der Waals surface area (Å²) in [6.07, 6.45) is 5.49. The normalized spacial score (nSPS) is 17.2. The van der Waals surface area contributed by atoms with Crippen LogP contribution in [0.5, 0.6) is 0 Å². The van der Waals surface area contributed by atoms with Crippen molar-refractivity contribution in [2.75, 3.05) is 23.3 Å². The Morgan fingerprint density at radius 3 is 2.40 bits per heavy atom. The first kappa shape index (κ1) is 17.1. The average molecular weight is 338 g/mol. The van der Waals surface area contributed by atoms with Crippen molar-refractivity contribution >= 4 is 23.3 Å². The molecule has 1 saturated heterocycles. The highest BCUT2D eigenvalue weighted by atomic mass is 16.1. The summed E-state index contributed by atoms with van der Waals surface area (Å²) in [5.74, 6) is 1.04. The molecule has 0 spiro atoms. The van der Waals surface area contributed by atoms with E-state index in [1.165, 1.54) is 13.3 Å². The molecule has 2 aromatic rings. The van der Waals surface area contributed by atoms with E-state index in [1.54, 1.807) is 36.7 Å². The number of aromatic nitrogens is 2. The molecule has 3 rings (SSSR count). The number of nitrogens with zero attached hydrogens (tertiary/aromatic N) is 3. The highest BCUT2D eigenvalue weighted by Gasteiger charge is 2.19. The number of Topliss-reactive ketones (excluding diaryl/α,β-unsaturated/α-hetero) is 1. The molecule has 6 nitrogen and oxygen atoms in total. The first-order valence-corrected chi connectivity index (χ1v) is 8.52. The Balaban J connectivity index is 1.65. The largest absolute Gasteiger partial charge is 0.341 e. The van der Waals surface area contributed by atoms with Crippen molar-refractivity contribution in [3.8, 4) is 0 Å². The van der Waals surface area contributed by atoms with Crippen molar-refractivity contribution in [1.29, 1.82) is 0 Å². The van der Waals surface area contributed by atoms with Gasteiger partial charge in [0.1, 0.15) is 0 Å². The number of piperidine rings is 1. The summed E-state index contributed by atoms with van der Waals surface area (Å²) in [5.41, 5.74) is 1.65. The number of benzene rings is 1. The zero-order chi connectivity index (χ0) is 17.8. The van der Waals surface area contributed by atoms with E-state index in [1.807, 2.05) is 0 Å². The SMILES string of the molecule is CC(=O)c1ccc(NC(=O)c2cnc(N3CCCC(C)C3)nc2)cc1. The Labute approximate surface area is 147 Å². The first-order valence-electron chi connectivity index (χ1n) is 8.52. The average Bonchev–Trinajstić information content (AvgIpc) is 2.62. The third-order valence-electron chi connectivity index (χ3n) is 4.39. The number of hydrogen-bond acceptors (Lipinski definition) is 5. The molecule has 1 aliphatic rings. The van der Waals surface area contributed by atoms with Gasteiger partial charge in [0, 0.05) is 36.7 Å². The summed E-state index contributed by atoms with van der Waals surface area (Å²) >= 11 is 0. The third-order valence-corrected chi connectivity index (χ3v) is 4.39. The standard InChI is InChI=1S/C19H22N4O2/c1-13-4-3-9-23(12-13)19-20-10-16(11-21-19)18(25)22-17-7-5-15(6-8-17)14(2)24/h5-8,10-11,13H,3-4,9,12H2,1-2H3,(H,22,25). The maximum Gasteiger partial charge on any atom is 0.258 e. The fraction of sp³-hybridized carbons (Fsp3) is 0.368. The lowest BCUT2D eigenvalue weighted by atomic mass is 10.0. The lowest BCUT2D eigenvalue weighted by Crippen LogP contribution is -2.35. The van der Waals surface area contributed by atoms with E-state index >= 15 is 0 Å². The third kappa shape index (κ3) is 4.21. The van der Waals surface area contributed by atoms with E-state index in [4.69, 9.17) is 0 Å². The zero-order valence-electron chi connectivity index (χ0n) is 14.5. The molecule has 1 aromatic heterocycles. The summed E-state index contributed by atoms with van der Waals surface area (Å²) in [4.78, 5) is 34.4. The summed E-state index contributed by atoms with van der Waals surface area (Å²) in [6, 6.07) is 6.79. The molecular formula is C19H22N4O2. The zero-order valence-corrected chi connectivity index (χ0v) is 14.5. The van der Waals surface area contributed by atoms with Crippen LogP contribution in [0.15, 0.2) is 36.7 Å². The van der Waals surface area contributed by atoms with Gasteiger partial charge in [0.25, 0.3) is 5.91 Å². The lowest BCUT2D eigenvalue weighted by molar-refractivity contribution is 0.101. The predicted molar refractivity (Wildman–Crippen MR) is 97.0 cm³/mol. The van der Waals surface area contributed by atoms with Gasteiger partial charge in [-0.1, -0.05) is 6.92 Å². The van der Waals surface area contributed by atoms with Crippen LogP contribution in [0.2, 0.25) is 0 Å². The van der Waals surface area contributed by atoms with Gasteiger partial charge in [0.2, 0.25) is 5.95 Å². The van der Waals surface area contributed by atoms with Crippen LogP contribution < -0.4 is 10.2 Å². The topological polar surface area (TPSA) is 75.2 Å². The van der Waals surface area contributed by atoms with E-state index in [2.05, 4.69) is 27.1 Å². The van der Waals surface area contributed by atoms with Gasteiger partial charge in [-0.25, -0.2) is 9.97 Å². The maximum absolute atomic E-state index is 12.3. The molecule has 25 heavy (non-hydrogen) atoms. The maximum atomic E-state index is 12.3. The van der Waals surface area contributed by atoms with Crippen molar-refractivity contribution in [3.63, 3.8) is 0 Å². The Morgan fingerprint density at radius 1 is 1.12 bits per heavy atom. The number of amides is 1. The number of anilines is 2. The first-order chi connectivity index (χ1) is 12.0. The van der Waals surface area contributed by atoms with Crippen LogP contribution in [0.25, 0.3) is 0 Å². The summed E-state index contributed by atoms with van der Waals surface area (Å²) < 4.78 is 0. The lowest BCUT2D eigenvalue weighted by Gasteiger charge is -2.30. The van der Waals surface area contributed by atoms with E-state index in [0.29, 0.717) is 28.7 Å². The minimum atomic E-state index is -0.269. The van der Waals surface area contributed by atoms with Gasteiger partial charge < -0.3 is 10.2 Å². The van der Waals surface area contributed by atoms with Crippen molar-refractivity contribution in [3.05, 3.63) is 47.8 Å². The molecule has 1 atom stereocenters. The number of hydrogen-bond donors (Lipinski definition) is 1. The Morgan fingerprint density at radius 2 is 1.80 bits per heavy atom. The van der Waals surface area contributed by atoms with Crippen molar-refractivity contribution in [2.24, 2.45) is 5.92 Å². The van der Waals surface area contributed by atoms with Crippen molar-refractivity contribution in [1.82, 2.24) is 9.97 Å². The molecule has 1 aliphatic heterocycles. The predicted octanol–water partition coefficient (Wildman–Crippen LogP) is 3.17. The number of rotatable bonds is 4. The minimum absolute atomic E-state index is 0.00565. The van der Waals surface area contributed by atoms with Crippen molar-refractivity contribution in [2.45, 2.75) is 26.7 Å². The van der Waals surface area contributed by atoms with E-state index < -0.39 is 0 Å². The van der Waals surface area contributed by atoms with Crippen LogP contribution in [-0.2, 0) is 0 Å². The van der Waals surface area contributed by atoms with Crippen LogP contribution in [0.1, 0.15) is 47.4 Å². The quantitative estimate of drug-likeness (QED) is 0.867. The van der Waals surface area contributed by atoms with E-state index in [-0.39, 0.29) is 11.7 Å². The second-order valence-electron chi connectivity index (χ2n) is 6.55. The smallest absolute Gasteiger partial charge is 0.258 e. The number of nitrogens with one attached hydrogen (secondary N) is 1. The Bertz CT molecular complexity index is 756. The molecule has 0 radical (unpaired) electrons. The van der Waals surface area contributed by atoms with E-state index in [9.17, 15) is 9.59 Å². The van der Waals surface area contributed by atoms with E-state index in [0.717, 1.165) is 19.5 Å². The summed E-state index contributed by atoms with van der Waals surface area (Å²) in [5, 5.41) is 2.79. The van der Waals surface area contributed by atoms with Crippen molar-refractivity contribution < 1.29 is 9.59 Å². The van der Waals surface area contributed by atoms with Gasteiger partial charge in [0.05, 0.1) is 5.56 Å². The molecular weight excluding hydrogens is 316 g/mol. The van der Waals surface area contributed by atoms with Crippen LogP contribution in [-0.4, -0.2) is 34.7 Å². The highest BCUT2D eigenvalue weighted by molar-refractivity contribution is 6.04. The molecule has 0 aliphatic carbocycles. The molecule has 1 unspecified atom stereocenters. The molecule has 0 bridgehead atoms. The molecule has 0 saturated carbocycles. The van der Waals surface area contributed by atoms with Crippen LogP contribution in [0.3, 0.4) is 0 Å². The van der Waals surface area contributed by atoms with Gasteiger partial charge in [-0.05, 0) is 49.9 Å².